The lowest BCUT2D eigenvalue weighted by molar-refractivity contribution is 0.0354. The van der Waals surface area contributed by atoms with Crippen molar-refractivity contribution in [3.8, 4) is 0 Å². The Balaban J connectivity index is 2.28. The highest BCUT2D eigenvalue weighted by molar-refractivity contribution is 4.85. The lowest BCUT2D eigenvalue weighted by atomic mass is 10.0. The van der Waals surface area contributed by atoms with E-state index in [0.717, 1.165) is 6.54 Å². The molecule has 1 fully saturated rings. The minimum Gasteiger partial charge on any atom is -0.312 e. The highest BCUT2D eigenvalue weighted by atomic mass is 15.3. The number of likely N-dealkylation sites (N-methyl/N-ethyl adjacent to an activating group) is 1. The molecular formula is C16H35N3. The van der Waals surface area contributed by atoms with Crippen molar-refractivity contribution >= 4 is 0 Å². The molecule has 0 aromatic rings. The summed E-state index contributed by atoms with van der Waals surface area (Å²) in [5.74, 6) is 0. The van der Waals surface area contributed by atoms with Crippen molar-refractivity contribution in [3.05, 3.63) is 0 Å². The van der Waals surface area contributed by atoms with Gasteiger partial charge in [0.2, 0.25) is 0 Å². The number of nitrogens with zero attached hydrogens (tertiary/aromatic N) is 2. The first-order valence-corrected chi connectivity index (χ1v) is 7.91. The number of nitrogens with one attached hydrogen (secondary N) is 1. The zero-order chi connectivity index (χ0) is 14.6. The van der Waals surface area contributed by atoms with E-state index in [0.29, 0.717) is 18.1 Å². The largest absolute Gasteiger partial charge is 0.312 e. The predicted molar refractivity (Wildman–Crippen MR) is 84.7 cm³/mol. The van der Waals surface area contributed by atoms with Crippen LogP contribution in [0.4, 0.5) is 0 Å². The van der Waals surface area contributed by atoms with E-state index in [9.17, 15) is 0 Å². The van der Waals surface area contributed by atoms with Crippen LogP contribution >= 0.6 is 0 Å². The maximum atomic E-state index is 3.58. The van der Waals surface area contributed by atoms with Gasteiger partial charge in [0.25, 0.3) is 0 Å². The van der Waals surface area contributed by atoms with E-state index in [4.69, 9.17) is 0 Å². The third kappa shape index (κ3) is 5.80. The third-order valence-electron chi connectivity index (χ3n) is 4.47. The molecule has 3 atom stereocenters. The minimum atomic E-state index is 0.250. The Labute approximate surface area is 120 Å². The zero-order valence-corrected chi connectivity index (χ0v) is 14.2. The molecule has 0 bridgehead atoms. The molecule has 0 radical (unpaired) electrons. The van der Waals surface area contributed by atoms with Crippen molar-refractivity contribution < 1.29 is 0 Å². The predicted octanol–water partition coefficient (Wildman–Crippen LogP) is 2.57. The van der Waals surface area contributed by atoms with Crippen molar-refractivity contribution in [1.29, 1.82) is 0 Å². The van der Waals surface area contributed by atoms with Crippen LogP contribution in [0.5, 0.6) is 0 Å². The van der Waals surface area contributed by atoms with Crippen LogP contribution in [0.15, 0.2) is 0 Å². The lowest BCUT2D eigenvalue weighted by Gasteiger charge is -2.45. The zero-order valence-electron chi connectivity index (χ0n) is 14.2. The smallest absolute Gasteiger partial charge is 0.0195 e. The summed E-state index contributed by atoms with van der Waals surface area (Å²) in [7, 11) is 2.25. The minimum absolute atomic E-state index is 0.250. The number of piperazine rings is 1. The molecule has 3 heteroatoms. The molecule has 1 aliphatic rings. The second-order valence-corrected chi connectivity index (χ2v) is 7.49. The molecule has 0 aromatic carbocycles. The van der Waals surface area contributed by atoms with Crippen LogP contribution in [0.2, 0.25) is 0 Å². The summed E-state index contributed by atoms with van der Waals surface area (Å²) in [5, 5.41) is 3.58. The van der Waals surface area contributed by atoms with Gasteiger partial charge in [0.05, 0.1) is 0 Å². The molecule has 1 aliphatic heterocycles. The molecule has 0 aliphatic carbocycles. The monoisotopic (exact) mass is 269 g/mol. The highest BCUT2D eigenvalue weighted by Crippen LogP contribution is 2.17. The summed E-state index contributed by atoms with van der Waals surface area (Å²) in [6, 6.07) is 2.07. The summed E-state index contributed by atoms with van der Waals surface area (Å²) in [6.07, 6.45) is 2.57. The fraction of sp³-hybridized carbons (Fsp3) is 1.00. The Bertz CT molecular complexity index is 247. The molecule has 0 aromatic heterocycles. The average molecular weight is 269 g/mol. The topological polar surface area (TPSA) is 18.5 Å². The SMILES string of the molecule is CC(CCCNC(C)(C)C)N1CC(C)N(C)C(C)C1. The van der Waals surface area contributed by atoms with E-state index in [1.54, 1.807) is 0 Å². The molecule has 1 saturated heterocycles. The van der Waals surface area contributed by atoms with Crippen molar-refractivity contribution in [2.24, 2.45) is 0 Å². The van der Waals surface area contributed by atoms with Crippen LogP contribution < -0.4 is 5.32 Å². The third-order valence-corrected chi connectivity index (χ3v) is 4.47. The van der Waals surface area contributed by atoms with Gasteiger partial charge < -0.3 is 5.32 Å². The van der Waals surface area contributed by atoms with Crippen LogP contribution in [0.25, 0.3) is 0 Å². The van der Waals surface area contributed by atoms with Crippen molar-refractivity contribution in [3.63, 3.8) is 0 Å². The van der Waals surface area contributed by atoms with Gasteiger partial charge in [-0.25, -0.2) is 0 Å². The van der Waals surface area contributed by atoms with E-state index >= 15 is 0 Å². The molecule has 3 unspecified atom stereocenters. The Morgan fingerprint density at radius 1 is 1.16 bits per heavy atom. The van der Waals surface area contributed by atoms with Crippen LogP contribution in [0.1, 0.15) is 54.4 Å². The summed E-state index contributed by atoms with van der Waals surface area (Å²) in [5.41, 5.74) is 0.250. The fourth-order valence-corrected chi connectivity index (χ4v) is 2.85. The van der Waals surface area contributed by atoms with Crippen molar-refractivity contribution in [1.82, 2.24) is 15.1 Å². The van der Waals surface area contributed by atoms with Gasteiger partial charge in [0.15, 0.2) is 0 Å². The normalized spacial score (nSPS) is 28.6. The average Bonchev–Trinajstić information content (AvgIpc) is 2.29. The Morgan fingerprint density at radius 3 is 2.16 bits per heavy atom. The second kappa shape index (κ2) is 7.05. The molecule has 1 N–H and O–H groups in total. The van der Waals surface area contributed by atoms with Gasteiger partial charge in [-0.15, -0.1) is 0 Å². The van der Waals surface area contributed by atoms with Crippen LogP contribution in [0.3, 0.4) is 0 Å². The van der Waals surface area contributed by atoms with Gasteiger partial charge in [0, 0.05) is 36.8 Å². The summed E-state index contributed by atoms with van der Waals surface area (Å²) >= 11 is 0. The first-order valence-electron chi connectivity index (χ1n) is 7.91. The van der Waals surface area contributed by atoms with Crippen molar-refractivity contribution in [2.75, 3.05) is 26.7 Å². The van der Waals surface area contributed by atoms with Gasteiger partial charge in [-0.05, 0) is 68.0 Å². The van der Waals surface area contributed by atoms with Gasteiger partial charge in [-0.1, -0.05) is 0 Å². The van der Waals surface area contributed by atoms with Gasteiger partial charge in [-0.2, -0.15) is 0 Å². The molecule has 0 spiro atoms. The molecule has 1 rings (SSSR count). The molecule has 1 heterocycles. The van der Waals surface area contributed by atoms with Crippen molar-refractivity contribution in [2.45, 2.75) is 78.0 Å². The van der Waals surface area contributed by atoms with Crippen LogP contribution in [-0.2, 0) is 0 Å². The van der Waals surface area contributed by atoms with Gasteiger partial charge in [0.1, 0.15) is 0 Å². The first kappa shape index (κ1) is 16.9. The van der Waals surface area contributed by atoms with Crippen LogP contribution in [-0.4, -0.2) is 60.1 Å². The Hall–Kier alpha value is -0.120. The van der Waals surface area contributed by atoms with E-state index in [1.165, 1.54) is 25.9 Å². The van der Waals surface area contributed by atoms with E-state index in [2.05, 4.69) is 63.7 Å². The van der Waals surface area contributed by atoms with Crippen LogP contribution in [0, 0.1) is 0 Å². The Kier molecular flexibility index (Phi) is 6.28. The molecule has 114 valence electrons. The highest BCUT2D eigenvalue weighted by Gasteiger charge is 2.28. The fourth-order valence-electron chi connectivity index (χ4n) is 2.85. The quantitative estimate of drug-likeness (QED) is 0.774. The first-order chi connectivity index (χ1) is 8.70. The van der Waals surface area contributed by atoms with E-state index in [1.807, 2.05) is 0 Å². The summed E-state index contributed by atoms with van der Waals surface area (Å²) in [6.45, 7) is 17.4. The number of hydrogen-bond donors (Lipinski definition) is 1. The number of rotatable bonds is 5. The molecule has 3 nitrogen and oxygen atoms in total. The van der Waals surface area contributed by atoms with Gasteiger partial charge >= 0.3 is 0 Å². The summed E-state index contributed by atoms with van der Waals surface area (Å²) in [4.78, 5) is 5.18. The molecular weight excluding hydrogens is 234 g/mol. The Morgan fingerprint density at radius 2 is 1.68 bits per heavy atom. The maximum absolute atomic E-state index is 3.58. The van der Waals surface area contributed by atoms with E-state index < -0.39 is 0 Å². The van der Waals surface area contributed by atoms with Gasteiger partial charge in [-0.3, -0.25) is 9.80 Å². The lowest BCUT2D eigenvalue weighted by Crippen LogP contribution is -2.57. The summed E-state index contributed by atoms with van der Waals surface area (Å²) < 4.78 is 0. The molecule has 19 heavy (non-hydrogen) atoms. The second-order valence-electron chi connectivity index (χ2n) is 7.49. The number of hydrogen-bond acceptors (Lipinski definition) is 3. The molecule has 0 saturated carbocycles. The van der Waals surface area contributed by atoms with E-state index in [-0.39, 0.29) is 5.54 Å². The standard InChI is InChI=1S/C16H35N3/c1-13(9-8-10-17-16(4,5)6)19-11-14(2)18(7)15(3)12-19/h13-15,17H,8-12H2,1-7H3. The maximum Gasteiger partial charge on any atom is 0.0195 e. The molecule has 0 amide bonds.